The molecular weight excluding hydrogens is 301 g/mol. The molecule has 1 fully saturated rings. The number of carbonyl (C=O) groups is 1. The summed E-state index contributed by atoms with van der Waals surface area (Å²) in [4.78, 5) is 13.1. The molecule has 3 N–H and O–H groups in total. The number of β-amino-alcohol motifs (C(OH)–C–C–N with tert-alkyl or cyclic N) is 1. The first-order chi connectivity index (χ1) is 11.0. The SMILES string of the molecule is NC(=O)c1cn(C2CCN(CC(O)c3ccccc3F)C2)nn1. The number of aliphatic hydroxyl groups excluding tert-OH is 1. The van der Waals surface area contributed by atoms with E-state index in [0.29, 0.717) is 18.7 Å². The number of amides is 1. The third-order valence-corrected chi connectivity index (χ3v) is 4.08. The molecule has 3 rings (SSSR count). The molecule has 23 heavy (non-hydrogen) atoms. The monoisotopic (exact) mass is 319 g/mol. The highest BCUT2D eigenvalue weighted by Gasteiger charge is 2.27. The lowest BCUT2D eigenvalue weighted by atomic mass is 10.1. The van der Waals surface area contributed by atoms with Gasteiger partial charge in [0.05, 0.1) is 18.3 Å². The minimum Gasteiger partial charge on any atom is -0.387 e. The van der Waals surface area contributed by atoms with Crippen LogP contribution in [0.5, 0.6) is 0 Å². The van der Waals surface area contributed by atoms with E-state index >= 15 is 0 Å². The summed E-state index contributed by atoms with van der Waals surface area (Å²) in [6.07, 6.45) is 1.46. The van der Waals surface area contributed by atoms with Crippen molar-refractivity contribution in [3.05, 3.63) is 47.5 Å². The number of halogens is 1. The predicted octanol–water partition coefficient (Wildman–Crippen LogP) is 0.496. The van der Waals surface area contributed by atoms with Crippen molar-refractivity contribution >= 4 is 5.91 Å². The maximum absolute atomic E-state index is 13.7. The molecule has 7 nitrogen and oxygen atoms in total. The van der Waals surface area contributed by atoms with Gasteiger partial charge >= 0.3 is 0 Å². The highest BCUT2D eigenvalue weighted by Crippen LogP contribution is 2.24. The second-order valence-corrected chi connectivity index (χ2v) is 5.69. The minimum absolute atomic E-state index is 0.0587. The van der Waals surface area contributed by atoms with Gasteiger partial charge in [-0.15, -0.1) is 5.10 Å². The Bertz CT molecular complexity index is 705. The van der Waals surface area contributed by atoms with Crippen molar-refractivity contribution in [1.82, 2.24) is 19.9 Å². The molecule has 0 saturated carbocycles. The van der Waals surface area contributed by atoms with Crippen LogP contribution in [-0.4, -0.2) is 50.5 Å². The average Bonchev–Trinajstić information content (AvgIpc) is 3.16. The van der Waals surface area contributed by atoms with Gasteiger partial charge in [-0.25, -0.2) is 9.07 Å². The van der Waals surface area contributed by atoms with Gasteiger partial charge in [0.1, 0.15) is 5.82 Å². The number of aliphatic hydroxyl groups is 1. The minimum atomic E-state index is -0.883. The highest BCUT2D eigenvalue weighted by atomic mass is 19.1. The summed E-state index contributed by atoms with van der Waals surface area (Å²) in [6.45, 7) is 1.74. The zero-order valence-corrected chi connectivity index (χ0v) is 12.5. The van der Waals surface area contributed by atoms with Gasteiger partial charge in [0.2, 0.25) is 0 Å². The molecule has 2 unspecified atom stereocenters. The van der Waals surface area contributed by atoms with Crippen molar-refractivity contribution in [2.45, 2.75) is 18.6 Å². The molecule has 122 valence electrons. The zero-order chi connectivity index (χ0) is 16.4. The van der Waals surface area contributed by atoms with Crippen molar-refractivity contribution < 1.29 is 14.3 Å². The van der Waals surface area contributed by atoms with Crippen LogP contribution in [0.3, 0.4) is 0 Å². The fraction of sp³-hybridized carbons (Fsp3) is 0.400. The molecule has 2 aromatic rings. The molecule has 1 aliphatic rings. The van der Waals surface area contributed by atoms with Crippen LogP contribution >= 0.6 is 0 Å². The maximum Gasteiger partial charge on any atom is 0.270 e. The van der Waals surface area contributed by atoms with Crippen LogP contribution in [0.1, 0.15) is 34.6 Å². The Morgan fingerprint density at radius 3 is 2.96 bits per heavy atom. The topological polar surface area (TPSA) is 97.3 Å². The second kappa shape index (κ2) is 6.43. The first-order valence-corrected chi connectivity index (χ1v) is 7.41. The van der Waals surface area contributed by atoms with Crippen molar-refractivity contribution in [3.63, 3.8) is 0 Å². The van der Waals surface area contributed by atoms with E-state index in [2.05, 4.69) is 10.3 Å². The Morgan fingerprint density at radius 1 is 1.48 bits per heavy atom. The van der Waals surface area contributed by atoms with E-state index in [9.17, 15) is 14.3 Å². The fourth-order valence-electron chi connectivity index (χ4n) is 2.85. The summed E-state index contributed by atoms with van der Waals surface area (Å²) in [5.74, 6) is -1.01. The van der Waals surface area contributed by atoms with E-state index in [0.717, 1.165) is 13.0 Å². The number of aromatic nitrogens is 3. The molecule has 2 heterocycles. The van der Waals surface area contributed by atoms with Gasteiger partial charge in [0, 0.05) is 25.2 Å². The van der Waals surface area contributed by atoms with Gasteiger partial charge in [0.15, 0.2) is 5.69 Å². The van der Waals surface area contributed by atoms with Crippen LogP contribution in [-0.2, 0) is 0 Å². The second-order valence-electron chi connectivity index (χ2n) is 5.69. The average molecular weight is 319 g/mol. The normalized spacial score (nSPS) is 19.8. The fourth-order valence-corrected chi connectivity index (χ4v) is 2.85. The van der Waals surface area contributed by atoms with Crippen molar-refractivity contribution in [2.75, 3.05) is 19.6 Å². The Kier molecular flexibility index (Phi) is 4.35. The van der Waals surface area contributed by atoms with Crippen LogP contribution in [0.15, 0.2) is 30.5 Å². The van der Waals surface area contributed by atoms with Gasteiger partial charge in [0.25, 0.3) is 5.91 Å². The van der Waals surface area contributed by atoms with E-state index in [1.165, 1.54) is 12.3 Å². The van der Waals surface area contributed by atoms with Crippen LogP contribution in [0, 0.1) is 5.82 Å². The van der Waals surface area contributed by atoms with Crippen LogP contribution in [0.4, 0.5) is 4.39 Å². The van der Waals surface area contributed by atoms with Crippen molar-refractivity contribution in [2.24, 2.45) is 5.73 Å². The first kappa shape index (κ1) is 15.6. The number of carbonyl (C=O) groups excluding carboxylic acids is 1. The summed E-state index contributed by atoms with van der Waals surface area (Å²) >= 11 is 0. The van der Waals surface area contributed by atoms with Gasteiger partial charge in [-0.2, -0.15) is 0 Å². The molecule has 1 aromatic carbocycles. The number of primary amides is 1. The lowest BCUT2D eigenvalue weighted by Gasteiger charge is -2.20. The summed E-state index contributed by atoms with van der Waals surface area (Å²) < 4.78 is 15.3. The molecule has 0 radical (unpaired) electrons. The molecule has 0 spiro atoms. The first-order valence-electron chi connectivity index (χ1n) is 7.41. The number of likely N-dealkylation sites (tertiary alicyclic amines) is 1. The number of hydrogen-bond acceptors (Lipinski definition) is 5. The molecule has 0 aliphatic carbocycles. The summed E-state index contributed by atoms with van der Waals surface area (Å²) in [7, 11) is 0. The predicted molar refractivity (Wildman–Crippen MR) is 80.0 cm³/mol. The quantitative estimate of drug-likeness (QED) is 0.836. The molecule has 1 saturated heterocycles. The maximum atomic E-state index is 13.7. The largest absolute Gasteiger partial charge is 0.387 e. The van der Waals surface area contributed by atoms with E-state index < -0.39 is 17.8 Å². The summed E-state index contributed by atoms with van der Waals surface area (Å²) in [5.41, 5.74) is 5.60. The van der Waals surface area contributed by atoms with Gasteiger partial charge in [-0.05, 0) is 12.5 Å². The van der Waals surface area contributed by atoms with Gasteiger partial charge < -0.3 is 10.8 Å². The van der Waals surface area contributed by atoms with Gasteiger partial charge in [-0.1, -0.05) is 23.4 Å². The molecule has 2 atom stereocenters. The number of rotatable bonds is 5. The summed E-state index contributed by atoms with van der Waals surface area (Å²) in [6, 6.07) is 6.28. The van der Waals surface area contributed by atoms with Crippen LogP contribution in [0.2, 0.25) is 0 Å². The highest BCUT2D eigenvalue weighted by molar-refractivity contribution is 5.90. The zero-order valence-electron chi connectivity index (χ0n) is 12.5. The Morgan fingerprint density at radius 2 is 2.26 bits per heavy atom. The Balaban J connectivity index is 1.61. The Labute approximate surface area is 132 Å². The number of hydrogen-bond donors (Lipinski definition) is 2. The van der Waals surface area contributed by atoms with Crippen LogP contribution < -0.4 is 5.73 Å². The molecule has 1 amide bonds. The third kappa shape index (κ3) is 3.38. The van der Waals surface area contributed by atoms with Crippen LogP contribution in [0.25, 0.3) is 0 Å². The molecular formula is C15H18FN5O2. The third-order valence-electron chi connectivity index (χ3n) is 4.08. The van der Waals surface area contributed by atoms with E-state index in [4.69, 9.17) is 5.73 Å². The molecule has 8 heteroatoms. The van der Waals surface area contributed by atoms with Gasteiger partial charge in [-0.3, -0.25) is 9.69 Å². The number of nitrogens with two attached hydrogens (primary N) is 1. The Hall–Kier alpha value is -2.32. The number of nitrogens with zero attached hydrogens (tertiary/aromatic N) is 4. The lowest BCUT2D eigenvalue weighted by molar-refractivity contribution is 0.0995. The number of benzene rings is 1. The molecule has 0 bridgehead atoms. The van der Waals surface area contributed by atoms with Crippen molar-refractivity contribution in [3.8, 4) is 0 Å². The van der Waals surface area contributed by atoms with E-state index in [-0.39, 0.29) is 11.7 Å². The lowest BCUT2D eigenvalue weighted by Crippen LogP contribution is -2.27. The standard InChI is InChI=1S/C15H18FN5O2/c16-12-4-2-1-3-11(12)14(22)9-20-6-5-10(7-20)21-8-13(15(17)23)18-19-21/h1-4,8,10,14,22H,5-7,9H2,(H2,17,23). The van der Waals surface area contributed by atoms with E-state index in [1.807, 2.05) is 4.90 Å². The summed E-state index contributed by atoms with van der Waals surface area (Å²) in [5, 5.41) is 17.9. The smallest absolute Gasteiger partial charge is 0.270 e. The molecule has 1 aliphatic heterocycles. The van der Waals surface area contributed by atoms with Crippen molar-refractivity contribution in [1.29, 1.82) is 0 Å². The van der Waals surface area contributed by atoms with E-state index in [1.54, 1.807) is 22.9 Å². The molecule has 1 aromatic heterocycles.